The molecule has 0 amide bonds. The van der Waals surface area contributed by atoms with Crippen molar-refractivity contribution >= 4 is 27.7 Å². The molecule has 0 aromatic heterocycles. The minimum atomic E-state index is -5.27. The number of hydrogen-bond donors (Lipinski definition) is 3. The van der Waals surface area contributed by atoms with Crippen molar-refractivity contribution in [3.8, 4) is 0 Å². The van der Waals surface area contributed by atoms with Gasteiger partial charge in [0.25, 0.3) is 5.79 Å². The Morgan fingerprint density at radius 3 is 2.27 bits per heavy atom. The summed E-state index contributed by atoms with van der Waals surface area (Å²) in [4.78, 5) is 11.2. The third-order valence-electron chi connectivity index (χ3n) is 3.42. The first kappa shape index (κ1) is 26.5. The normalized spacial score (nSPS) is 16.5. The van der Waals surface area contributed by atoms with Crippen LogP contribution in [0.25, 0.3) is 0 Å². The molecule has 11 nitrogen and oxygen atoms in total. The van der Waals surface area contributed by atoms with E-state index in [0.29, 0.717) is 0 Å². The molecule has 3 atom stereocenters. The first-order valence-electron chi connectivity index (χ1n) is 7.78. The molecule has 0 aliphatic carbocycles. The molecule has 0 saturated carbocycles. The summed E-state index contributed by atoms with van der Waals surface area (Å²) in [5, 5.41) is 29.3. The molecule has 0 fully saturated rings. The van der Waals surface area contributed by atoms with Crippen molar-refractivity contribution in [2.45, 2.75) is 29.0 Å². The van der Waals surface area contributed by atoms with Gasteiger partial charge in [-0.2, -0.15) is 17.2 Å². The number of rotatable bonds is 12. The molecule has 1 aromatic carbocycles. The van der Waals surface area contributed by atoms with Crippen molar-refractivity contribution in [3.63, 3.8) is 0 Å². The second-order valence-electron chi connectivity index (χ2n) is 5.49. The number of benzene rings is 1. The summed E-state index contributed by atoms with van der Waals surface area (Å²) in [6.07, 6.45) is -5.58. The molecule has 0 aliphatic rings. The summed E-state index contributed by atoms with van der Waals surface area (Å²) in [6, 6.07) is 4.46. The third-order valence-corrected chi connectivity index (χ3v) is 5.13. The number of aliphatic hydroxyl groups is 3. The van der Waals surface area contributed by atoms with Gasteiger partial charge in [0, 0.05) is 14.2 Å². The van der Waals surface area contributed by atoms with Gasteiger partial charge in [0.05, 0.1) is 5.02 Å². The zero-order chi connectivity index (χ0) is 23.2. The number of ether oxygens (including phenoxy) is 4. The van der Waals surface area contributed by atoms with Crippen LogP contribution in [0, 0.1) is 0 Å². The topological polar surface area (TPSA) is 158 Å². The van der Waals surface area contributed by atoms with E-state index in [2.05, 4.69) is 23.1 Å². The van der Waals surface area contributed by atoms with Gasteiger partial charge in [-0.05, 0) is 12.1 Å². The molecule has 172 valence electrons. The van der Waals surface area contributed by atoms with Crippen LogP contribution in [0.2, 0.25) is 5.02 Å². The summed E-state index contributed by atoms with van der Waals surface area (Å²) in [5.74, 6) is -12.4. The van der Waals surface area contributed by atoms with Gasteiger partial charge >= 0.3 is 22.0 Å². The summed E-state index contributed by atoms with van der Waals surface area (Å²) < 4.78 is 75.0. The van der Waals surface area contributed by atoms with E-state index < -0.39 is 63.7 Å². The quantitative estimate of drug-likeness (QED) is 0.269. The Morgan fingerprint density at radius 1 is 1.17 bits per heavy atom. The maximum absolute atomic E-state index is 14.7. The number of alkyl halides is 2. The summed E-state index contributed by atoms with van der Waals surface area (Å²) >= 11 is 5.66. The standard InChI is InChI=1S/C15H19ClF2O11S/c1-25-7-27-12(20)11(19)15(22,28-8-26-2)14(17,18)13(21)29-30(23,24)10-6-4-3-5-9(10)16/h3-6,11-12,19-20,22H,7-8H2,1-2H3/t11-,12?,15+/m1/s1. The van der Waals surface area contributed by atoms with E-state index in [-0.39, 0.29) is 0 Å². The maximum atomic E-state index is 14.7. The molecule has 0 saturated heterocycles. The van der Waals surface area contributed by atoms with Crippen molar-refractivity contribution in [2.75, 3.05) is 27.8 Å². The van der Waals surface area contributed by atoms with Crippen LogP contribution in [-0.4, -0.2) is 81.6 Å². The predicted octanol–water partition coefficient (Wildman–Crippen LogP) is -0.184. The van der Waals surface area contributed by atoms with Crippen LogP contribution in [0.3, 0.4) is 0 Å². The lowest BCUT2D eigenvalue weighted by Gasteiger charge is -2.38. The van der Waals surface area contributed by atoms with Gasteiger partial charge in [-0.15, -0.1) is 0 Å². The largest absolute Gasteiger partial charge is 0.399 e. The second-order valence-corrected chi connectivity index (χ2v) is 7.41. The molecule has 1 aromatic rings. The monoisotopic (exact) mass is 480 g/mol. The van der Waals surface area contributed by atoms with E-state index in [4.69, 9.17) is 11.6 Å². The van der Waals surface area contributed by atoms with E-state index in [9.17, 15) is 37.3 Å². The average molecular weight is 481 g/mol. The highest BCUT2D eigenvalue weighted by atomic mass is 35.5. The average Bonchev–Trinajstić information content (AvgIpc) is 2.69. The van der Waals surface area contributed by atoms with Gasteiger partial charge in [-0.3, -0.25) is 0 Å². The smallest absolute Gasteiger partial charge is 0.382 e. The van der Waals surface area contributed by atoms with Crippen molar-refractivity contribution in [1.82, 2.24) is 0 Å². The van der Waals surface area contributed by atoms with Gasteiger partial charge in [0.15, 0.2) is 12.4 Å². The van der Waals surface area contributed by atoms with Crippen molar-refractivity contribution in [2.24, 2.45) is 0 Å². The van der Waals surface area contributed by atoms with Crippen molar-refractivity contribution in [3.05, 3.63) is 29.3 Å². The molecule has 15 heteroatoms. The number of aliphatic hydroxyl groups excluding tert-OH is 2. The minimum absolute atomic E-state index is 0.442. The number of carbonyl (C=O) groups excluding carboxylic acids is 1. The lowest BCUT2D eigenvalue weighted by atomic mass is 10.0. The van der Waals surface area contributed by atoms with Gasteiger partial charge in [0.1, 0.15) is 18.5 Å². The van der Waals surface area contributed by atoms with Crippen LogP contribution in [0.15, 0.2) is 29.2 Å². The van der Waals surface area contributed by atoms with Crippen LogP contribution < -0.4 is 0 Å². The molecule has 1 unspecified atom stereocenters. The minimum Gasteiger partial charge on any atom is -0.382 e. The van der Waals surface area contributed by atoms with E-state index in [1.165, 1.54) is 12.1 Å². The molecule has 0 spiro atoms. The lowest BCUT2D eigenvalue weighted by molar-refractivity contribution is -0.386. The first-order chi connectivity index (χ1) is 13.8. The molecule has 30 heavy (non-hydrogen) atoms. The van der Waals surface area contributed by atoms with Gasteiger partial charge in [-0.1, -0.05) is 23.7 Å². The lowest BCUT2D eigenvalue weighted by Crippen LogP contribution is -2.66. The second kappa shape index (κ2) is 10.7. The maximum Gasteiger partial charge on any atom is 0.399 e. The fraction of sp³-hybridized carbons (Fsp3) is 0.533. The number of halogens is 3. The fourth-order valence-electron chi connectivity index (χ4n) is 1.92. The highest BCUT2D eigenvalue weighted by Crippen LogP contribution is 2.37. The third kappa shape index (κ3) is 5.81. The molecule has 0 radical (unpaired) electrons. The molecular weight excluding hydrogens is 462 g/mol. The molecule has 1 rings (SSSR count). The Bertz CT molecular complexity index is 823. The van der Waals surface area contributed by atoms with E-state index in [0.717, 1.165) is 26.4 Å². The van der Waals surface area contributed by atoms with E-state index >= 15 is 0 Å². The van der Waals surface area contributed by atoms with Crippen LogP contribution >= 0.6 is 11.6 Å². The van der Waals surface area contributed by atoms with Crippen molar-refractivity contribution < 1.29 is 60.4 Å². The SMILES string of the molecule is COCOC(O)[C@@H](O)[C@](O)(OCOC)C(F)(F)C(=O)OS(=O)(=O)c1ccccc1Cl. The Kier molecular flexibility index (Phi) is 9.47. The Balaban J connectivity index is 3.25. The Morgan fingerprint density at radius 2 is 1.73 bits per heavy atom. The van der Waals surface area contributed by atoms with Gasteiger partial charge < -0.3 is 38.5 Å². The van der Waals surface area contributed by atoms with Crippen molar-refractivity contribution in [1.29, 1.82) is 0 Å². The molecule has 3 N–H and O–H groups in total. The number of carbonyl (C=O) groups is 1. The van der Waals surface area contributed by atoms with Crippen LogP contribution in [0.1, 0.15) is 0 Å². The van der Waals surface area contributed by atoms with E-state index in [1.54, 1.807) is 0 Å². The summed E-state index contributed by atoms with van der Waals surface area (Å²) in [6.45, 7) is -1.83. The first-order valence-corrected chi connectivity index (χ1v) is 9.57. The van der Waals surface area contributed by atoms with Gasteiger partial charge in [-0.25, -0.2) is 4.79 Å². The van der Waals surface area contributed by atoms with Gasteiger partial charge in [0.2, 0.25) is 0 Å². The Hall–Kier alpha value is -1.49. The molecule has 0 aliphatic heterocycles. The zero-order valence-corrected chi connectivity index (χ0v) is 17.1. The van der Waals surface area contributed by atoms with Crippen LogP contribution in [0.5, 0.6) is 0 Å². The molecule has 0 heterocycles. The Labute approximate surface area is 174 Å². The molecule has 0 bridgehead atoms. The van der Waals surface area contributed by atoms with E-state index in [1.807, 2.05) is 0 Å². The predicted molar refractivity (Wildman–Crippen MR) is 92.6 cm³/mol. The highest BCUT2D eigenvalue weighted by molar-refractivity contribution is 7.87. The van der Waals surface area contributed by atoms with Crippen LogP contribution in [-0.2, 0) is 38.0 Å². The zero-order valence-electron chi connectivity index (χ0n) is 15.5. The highest BCUT2D eigenvalue weighted by Gasteiger charge is 2.68. The summed E-state index contributed by atoms with van der Waals surface area (Å²) in [7, 11) is -3.13. The van der Waals surface area contributed by atoms with Crippen LogP contribution in [0.4, 0.5) is 8.78 Å². The fourth-order valence-corrected chi connectivity index (χ4v) is 3.29. The summed E-state index contributed by atoms with van der Waals surface area (Å²) in [5.41, 5.74) is 0. The number of methoxy groups -OCH3 is 2. The molecular formula is C15H19ClF2O11S. The number of hydrogen-bond acceptors (Lipinski definition) is 11.